The van der Waals surface area contributed by atoms with Crippen LogP contribution >= 0.6 is 0 Å². The zero-order chi connectivity index (χ0) is 16.3. The fourth-order valence-electron chi connectivity index (χ4n) is 2.72. The Kier molecular flexibility index (Phi) is 11.0. The van der Waals surface area contributed by atoms with E-state index in [1.165, 1.54) is 23.7 Å². The third-order valence-corrected chi connectivity index (χ3v) is 9.31. The van der Waals surface area contributed by atoms with E-state index >= 15 is 0 Å². The highest BCUT2D eigenvalue weighted by atomic mass is 28.4. The van der Waals surface area contributed by atoms with Gasteiger partial charge in [-0.3, -0.25) is 0 Å². The standard InChI is InChI=1S/C18H36O2Si/c1-7-18(20-21(8-2,9-3)10-4)17(6)13-11-12-16(5)14-15-19/h11,13-14,17-19H,7-10,12,15H2,1-6H3/b13-11+,16-14?/t17-,18-/m0/s1. The molecule has 2 atom stereocenters. The van der Waals surface area contributed by atoms with Crippen molar-refractivity contribution in [1.29, 1.82) is 0 Å². The van der Waals surface area contributed by atoms with Crippen molar-refractivity contribution in [3.05, 3.63) is 23.8 Å². The summed E-state index contributed by atoms with van der Waals surface area (Å²) >= 11 is 0. The van der Waals surface area contributed by atoms with Crippen LogP contribution in [0.1, 0.15) is 54.4 Å². The monoisotopic (exact) mass is 312 g/mol. The number of hydrogen-bond acceptors (Lipinski definition) is 2. The van der Waals surface area contributed by atoms with E-state index in [1.807, 2.05) is 6.08 Å². The van der Waals surface area contributed by atoms with Crippen LogP contribution in [-0.2, 0) is 4.43 Å². The Morgan fingerprint density at radius 3 is 2.14 bits per heavy atom. The first-order valence-corrected chi connectivity index (χ1v) is 11.1. The van der Waals surface area contributed by atoms with Crippen LogP contribution < -0.4 is 0 Å². The number of aliphatic hydroxyl groups is 1. The van der Waals surface area contributed by atoms with Gasteiger partial charge in [-0.1, -0.05) is 58.4 Å². The van der Waals surface area contributed by atoms with Gasteiger partial charge in [-0.15, -0.1) is 0 Å². The quantitative estimate of drug-likeness (QED) is 0.414. The molecule has 0 saturated carbocycles. The molecule has 0 aromatic heterocycles. The first-order valence-electron chi connectivity index (χ1n) is 8.59. The lowest BCUT2D eigenvalue weighted by Crippen LogP contribution is -2.41. The van der Waals surface area contributed by atoms with Gasteiger partial charge in [-0.25, -0.2) is 0 Å². The molecule has 2 nitrogen and oxygen atoms in total. The van der Waals surface area contributed by atoms with E-state index in [4.69, 9.17) is 9.53 Å². The molecule has 0 saturated heterocycles. The molecule has 0 unspecified atom stereocenters. The van der Waals surface area contributed by atoms with Crippen LogP contribution in [0.4, 0.5) is 0 Å². The van der Waals surface area contributed by atoms with Gasteiger partial charge in [0.2, 0.25) is 0 Å². The van der Waals surface area contributed by atoms with Gasteiger partial charge in [0.15, 0.2) is 8.32 Å². The molecule has 0 aliphatic heterocycles. The fraction of sp³-hybridized carbons (Fsp3) is 0.778. The van der Waals surface area contributed by atoms with E-state index < -0.39 is 8.32 Å². The highest BCUT2D eigenvalue weighted by Crippen LogP contribution is 2.27. The normalized spacial score (nSPS) is 16.4. The molecule has 0 heterocycles. The van der Waals surface area contributed by atoms with Gasteiger partial charge in [0.25, 0.3) is 0 Å². The molecule has 0 aliphatic carbocycles. The molecule has 0 rings (SSSR count). The highest BCUT2D eigenvalue weighted by Gasteiger charge is 2.32. The number of aliphatic hydroxyl groups excluding tert-OH is 1. The minimum atomic E-state index is -1.52. The van der Waals surface area contributed by atoms with Crippen LogP contribution in [0.25, 0.3) is 0 Å². The average Bonchev–Trinajstić information content (AvgIpc) is 2.49. The van der Waals surface area contributed by atoms with Crippen molar-refractivity contribution in [3.63, 3.8) is 0 Å². The second-order valence-electron chi connectivity index (χ2n) is 6.03. The van der Waals surface area contributed by atoms with E-state index in [0.29, 0.717) is 12.0 Å². The molecule has 3 heteroatoms. The molecule has 0 aliphatic rings. The predicted octanol–water partition coefficient (Wildman–Crippen LogP) is 5.31. The summed E-state index contributed by atoms with van der Waals surface area (Å²) in [5.74, 6) is 0.452. The Morgan fingerprint density at radius 2 is 1.71 bits per heavy atom. The van der Waals surface area contributed by atoms with Crippen molar-refractivity contribution in [3.8, 4) is 0 Å². The lowest BCUT2D eigenvalue weighted by atomic mass is 10.0. The van der Waals surface area contributed by atoms with Crippen molar-refractivity contribution >= 4 is 8.32 Å². The van der Waals surface area contributed by atoms with E-state index in [9.17, 15) is 0 Å². The SMILES string of the molecule is CC[C@H](O[Si](CC)(CC)CC)[C@@H](C)/C=C/CC(C)=CCO. The van der Waals surface area contributed by atoms with Crippen molar-refractivity contribution in [2.45, 2.75) is 78.6 Å². The maximum absolute atomic E-state index is 8.86. The van der Waals surface area contributed by atoms with Crippen LogP contribution in [0.2, 0.25) is 18.1 Å². The van der Waals surface area contributed by atoms with E-state index in [1.54, 1.807) is 0 Å². The number of hydrogen-bond donors (Lipinski definition) is 1. The summed E-state index contributed by atoms with van der Waals surface area (Å²) in [5, 5.41) is 8.86. The molecule has 124 valence electrons. The van der Waals surface area contributed by atoms with Gasteiger partial charge in [0, 0.05) is 0 Å². The maximum atomic E-state index is 8.86. The van der Waals surface area contributed by atoms with E-state index in [0.717, 1.165) is 12.8 Å². The molecular formula is C18H36O2Si. The highest BCUT2D eigenvalue weighted by molar-refractivity contribution is 6.73. The number of allylic oxidation sites excluding steroid dienone is 2. The Hall–Kier alpha value is -0.383. The van der Waals surface area contributed by atoms with Gasteiger partial charge >= 0.3 is 0 Å². The molecule has 21 heavy (non-hydrogen) atoms. The number of rotatable bonds is 11. The van der Waals surface area contributed by atoms with Crippen molar-refractivity contribution in [2.24, 2.45) is 5.92 Å². The second-order valence-corrected chi connectivity index (χ2v) is 10.8. The van der Waals surface area contributed by atoms with E-state index in [-0.39, 0.29) is 6.61 Å². The average molecular weight is 313 g/mol. The van der Waals surface area contributed by atoms with Crippen LogP contribution in [0.15, 0.2) is 23.8 Å². The smallest absolute Gasteiger partial charge is 0.192 e. The summed E-state index contributed by atoms with van der Waals surface area (Å²) in [5.41, 5.74) is 1.22. The first kappa shape index (κ1) is 20.6. The van der Waals surface area contributed by atoms with Gasteiger partial charge < -0.3 is 9.53 Å². The lowest BCUT2D eigenvalue weighted by molar-refractivity contribution is 0.146. The van der Waals surface area contributed by atoms with Gasteiger partial charge in [0.05, 0.1) is 12.7 Å². The molecule has 0 spiro atoms. The lowest BCUT2D eigenvalue weighted by Gasteiger charge is -2.35. The molecule has 0 bridgehead atoms. The first-order chi connectivity index (χ1) is 9.98. The topological polar surface area (TPSA) is 29.5 Å². The predicted molar refractivity (Wildman–Crippen MR) is 96.1 cm³/mol. The Labute approximate surface area is 133 Å². The summed E-state index contributed by atoms with van der Waals surface area (Å²) in [6.45, 7) is 13.5. The van der Waals surface area contributed by atoms with Crippen molar-refractivity contribution in [1.82, 2.24) is 0 Å². The molecule has 0 aromatic rings. The zero-order valence-electron chi connectivity index (χ0n) is 15.0. The van der Waals surface area contributed by atoms with Gasteiger partial charge in [-0.05, 0) is 43.8 Å². The Bertz CT molecular complexity index is 311. The zero-order valence-corrected chi connectivity index (χ0v) is 16.0. The largest absolute Gasteiger partial charge is 0.413 e. The van der Waals surface area contributed by atoms with Crippen LogP contribution in [-0.4, -0.2) is 26.1 Å². The summed E-state index contributed by atoms with van der Waals surface area (Å²) in [6.07, 6.45) is 8.69. The Balaban J connectivity index is 4.65. The van der Waals surface area contributed by atoms with Gasteiger partial charge in [-0.2, -0.15) is 0 Å². The van der Waals surface area contributed by atoms with E-state index in [2.05, 4.69) is 53.7 Å². The van der Waals surface area contributed by atoms with Crippen LogP contribution in [0.3, 0.4) is 0 Å². The minimum Gasteiger partial charge on any atom is -0.413 e. The summed E-state index contributed by atoms with van der Waals surface area (Å²) in [6, 6.07) is 3.64. The third-order valence-electron chi connectivity index (χ3n) is 4.64. The molecule has 0 aromatic carbocycles. The maximum Gasteiger partial charge on any atom is 0.192 e. The van der Waals surface area contributed by atoms with Crippen LogP contribution in [0, 0.1) is 5.92 Å². The fourth-order valence-corrected chi connectivity index (χ4v) is 5.74. The minimum absolute atomic E-state index is 0.132. The van der Waals surface area contributed by atoms with Crippen LogP contribution in [0.5, 0.6) is 0 Å². The van der Waals surface area contributed by atoms with Crippen molar-refractivity contribution < 1.29 is 9.53 Å². The van der Waals surface area contributed by atoms with Gasteiger partial charge in [0.1, 0.15) is 0 Å². The molecule has 0 radical (unpaired) electrons. The summed E-state index contributed by atoms with van der Waals surface area (Å²) in [4.78, 5) is 0. The molecule has 0 amide bonds. The molecule has 1 N–H and O–H groups in total. The third kappa shape index (κ3) is 7.43. The summed E-state index contributed by atoms with van der Waals surface area (Å²) in [7, 11) is -1.52. The molecular weight excluding hydrogens is 276 g/mol. The second kappa shape index (κ2) is 11.2. The molecule has 0 fully saturated rings. The summed E-state index contributed by atoms with van der Waals surface area (Å²) < 4.78 is 6.63. The van der Waals surface area contributed by atoms with Crippen molar-refractivity contribution in [2.75, 3.05) is 6.61 Å². The Morgan fingerprint density at radius 1 is 1.14 bits per heavy atom.